The molecule has 1 aromatic carbocycles. The first-order chi connectivity index (χ1) is 11.1. The van der Waals surface area contributed by atoms with E-state index in [9.17, 15) is 9.59 Å². The Balaban J connectivity index is 1.85. The van der Waals surface area contributed by atoms with Crippen LogP contribution >= 0.6 is 0 Å². The fraction of sp³-hybridized carbons (Fsp3) is 0.444. The lowest BCUT2D eigenvalue weighted by Gasteiger charge is -2.33. The summed E-state index contributed by atoms with van der Waals surface area (Å²) in [5.74, 6) is -0.310. The number of piperidine rings is 1. The van der Waals surface area contributed by atoms with Crippen molar-refractivity contribution in [3.8, 4) is 0 Å². The van der Waals surface area contributed by atoms with Crippen molar-refractivity contribution in [2.24, 2.45) is 0 Å². The highest BCUT2D eigenvalue weighted by molar-refractivity contribution is 5.83. The summed E-state index contributed by atoms with van der Waals surface area (Å²) in [7, 11) is 0. The molecule has 0 radical (unpaired) electrons. The normalized spacial score (nSPS) is 19.5. The second kappa shape index (κ2) is 8.36. The Morgan fingerprint density at radius 1 is 1.26 bits per heavy atom. The van der Waals surface area contributed by atoms with Crippen molar-refractivity contribution < 1.29 is 19.1 Å². The molecule has 5 nitrogen and oxygen atoms in total. The van der Waals surface area contributed by atoms with Gasteiger partial charge < -0.3 is 14.4 Å². The summed E-state index contributed by atoms with van der Waals surface area (Å²) in [6.45, 7) is 4.94. The Kier molecular flexibility index (Phi) is 6.20. The number of hydrogen-bond donors (Lipinski definition) is 0. The highest BCUT2D eigenvalue weighted by atomic mass is 16.6. The van der Waals surface area contributed by atoms with Gasteiger partial charge in [-0.05, 0) is 32.3 Å². The number of hydrogen-bond acceptors (Lipinski definition) is 4. The highest BCUT2D eigenvalue weighted by Crippen LogP contribution is 2.23. The Labute approximate surface area is 136 Å². The van der Waals surface area contributed by atoms with Crippen LogP contribution in [0.4, 0.5) is 4.79 Å². The molecule has 0 saturated carbocycles. The van der Waals surface area contributed by atoms with E-state index >= 15 is 0 Å². The van der Waals surface area contributed by atoms with Gasteiger partial charge in [0, 0.05) is 18.7 Å². The van der Waals surface area contributed by atoms with Crippen molar-refractivity contribution in [3.63, 3.8) is 0 Å². The largest absolute Gasteiger partial charge is 0.463 e. The van der Waals surface area contributed by atoms with Crippen LogP contribution in [0.25, 0.3) is 0 Å². The summed E-state index contributed by atoms with van der Waals surface area (Å²) in [6.07, 6.45) is 2.58. The Hall–Kier alpha value is -2.30. The molecule has 1 atom stereocenters. The van der Waals surface area contributed by atoms with Crippen molar-refractivity contribution in [3.05, 3.63) is 47.5 Å². The van der Waals surface area contributed by atoms with Crippen LogP contribution < -0.4 is 0 Å². The second-order valence-electron chi connectivity index (χ2n) is 5.59. The maximum Gasteiger partial charge on any atom is 0.410 e. The van der Waals surface area contributed by atoms with Crippen LogP contribution in [0.15, 0.2) is 42.0 Å². The highest BCUT2D eigenvalue weighted by Gasteiger charge is 2.27. The van der Waals surface area contributed by atoms with Crippen molar-refractivity contribution in [1.82, 2.24) is 4.90 Å². The lowest BCUT2D eigenvalue weighted by molar-refractivity contribution is -0.137. The van der Waals surface area contributed by atoms with Gasteiger partial charge >= 0.3 is 12.1 Å². The number of benzene rings is 1. The lowest BCUT2D eigenvalue weighted by Crippen LogP contribution is -2.43. The molecular formula is C18H23NO4. The van der Waals surface area contributed by atoms with Crippen LogP contribution in [0.5, 0.6) is 0 Å². The predicted molar refractivity (Wildman–Crippen MR) is 86.7 cm³/mol. The smallest absolute Gasteiger partial charge is 0.410 e. The van der Waals surface area contributed by atoms with Crippen molar-refractivity contribution in [2.75, 3.05) is 13.2 Å². The summed E-state index contributed by atoms with van der Waals surface area (Å²) in [5, 5.41) is 0. The van der Waals surface area contributed by atoms with Gasteiger partial charge in [0.1, 0.15) is 6.61 Å². The molecule has 1 saturated heterocycles. The topological polar surface area (TPSA) is 55.8 Å². The van der Waals surface area contributed by atoms with Crippen LogP contribution in [0.1, 0.15) is 32.3 Å². The van der Waals surface area contributed by atoms with Gasteiger partial charge in [0.2, 0.25) is 0 Å². The molecule has 0 aliphatic carbocycles. The third kappa shape index (κ3) is 5.13. The average Bonchev–Trinajstić information content (AvgIpc) is 2.54. The molecule has 1 aliphatic rings. The minimum absolute atomic E-state index is 0.00713. The van der Waals surface area contributed by atoms with Crippen LogP contribution in [0.3, 0.4) is 0 Å². The summed E-state index contributed by atoms with van der Waals surface area (Å²) >= 11 is 0. The van der Waals surface area contributed by atoms with Crippen LogP contribution in [0.2, 0.25) is 0 Å². The zero-order chi connectivity index (χ0) is 16.7. The first-order valence-corrected chi connectivity index (χ1v) is 7.93. The fourth-order valence-electron chi connectivity index (χ4n) is 2.63. The Morgan fingerprint density at radius 3 is 2.65 bits per heavy atom. The number of esters is 1. The second-order valence-corrected chi connectivity index (χ2v) is 5.59. The monoisotopic (exact) mass is 317 g/mol. The molecule has 2 rings (SSSR count). The molecule has 1 fully saturated rings. The third-order valence-electron chi connectivity index (χ3n) is 3.81. The van der Waals surface area contributed by atoms with E-state index in [2.05, 4.69) is 0 Å². The molecule has 1 unspecified atom stereocenters. The van der Waals surface area contributed by atoms with Gasteiger partial charge in [0.25, 0.3) is 0 Å². The van der Waals surface area contributed by atoms with E-state index in [4.69, 9.17) is 9.47 Å². The average molecular weight is 317 g/mol. The molecule has 23 heavy (non-hydrogen) atoms. The van der Waals surface area contributed by atoms with Gasteiger partial charge in [0.15, 0.2) is 0 Å². The summed E-state index contributed by atoms with van der Waals surface area (Å²) < 4.78 is 10.3. The third-order valence-corrected chi connectivity index (χ3v) is 3.81. The predicted octanol–water partition coefficient (Wildman–Crippen LogP) is 3.30. The lowest BCUT2D eigenvalue weighted by atomic mass is 9.98. The molecule has 124 valence electrons. The summed E-state index contributed by atoms with van der Waals surface area (Å²) in [4.78, 5) is 25.4. The Morgan fingerprint density at radius 2 is 2.00 bits per heavy atom. The Bertz CT molecular complexity index is 568. The SMILES string of the molecule is CCOC(=O)C=C1CCN(C(=O)OCc2ccccc2)C(C)C1. The van der Waals surface area contributed by atoms with E-state index in [1.165, 1.54) is 0 Å². The number of nitrogens with zero attached hydrogens (tertiary/aromatic N) is 1. The summed E-state index contributed by atoms with van der Waals surface area (Å²) in [6, 6.07) is 9.61. The summed E-state index contributed by atoms with van der Waals surface area (Å²) in [5.41, 5.74) is 1.98. The number of amides is 1. The molecule has 0 N–H and O–H groups in total. The standard InChI is InChI=1S/C18H23NO4/c1-3-22-17(20)12-16-9-10-19(14(2)11-16)18(21)23-13-15-7-5-4-6-8-15/h4-8,12,14H,3,9-11,13H2,1-2H3. The number of ether oxygens (including phenoxy) is 2. The van der Waals surface area contributed by atoms with Gasteiger partial charge in [-0.15, -0.1) is 0 Å². The van der Waals surface area contributed by atoms with Crippen LogP contribution in [-0.4, -0.2) is 36.2 Å². The van der Waals surface area contributed by atoms with E-state index < -0.39 is 0 Å². The number of rotatable bonds is 4. The van der Waals surface area contributed by atoms with Gasteiger partial charge in [-0.3, -0.25) is 0 Å². The first-order valence-electron chi connectivity index (χ1n) is 7.93. The molecule has 1 aliphatic heterocycles. The molecule has 1 aromatic rings. The minimum Gasteiger partial charge on any atom is -0.463 e. The minimum atomic E-state index is -0.310. The van der Waals surface area contributed by atoms with E-state index in [1.54, 1.807) is 17.9 Å². The van der Waals surface area contributed by atoms with E-state index in [0.717, 1.165) is 11.1 Å². The quantitative estimate of drug-likeness (QED) is 0.631. The molecule has 0 aromatic heterocycles. The maximum atomic E-state index is 12.2. The van der Waals surface area contributed by atoms with E-state index in [-0.39, 0.29) is 24.7 Å². The zero-order valence-corrected chi connectivity index (χ0v) is 13.7. The van der Waals surface area contributed by atoms with Gasteiger partial charge in [-0.25, -0.2) is 9.59 Å². The molecule has 1 heterocycles. The van der Waals surface area contributed by atoms with Crippen molar-refractivity contribution in [2.45, 2.75) is 39.3 Å². The number of carbonyl (C=O) groups is 2. The molecular weight excluding hydrogens is 294 g/mol. The fourth-order valence-corrected chi connectivity index (χ4v) is 2.63. The molecule has 0 spiro atoms. The number of likely N-dealkylation sites (tertiary alicyclic amines) is 1. The van der Waals surface area contributed by atoms with E-state index in [0.29, 0.717) is 26.0 Å². The first kappa shape index (κ1) is 17.1. The van der Waals surface area contributed by atoms with Gasteiger partial charge in [-0.2, -0.15) is 0 Å². The van der Waals surface area contributed by atoms with Crippen molar-refractivity contribution in [1.29, 1.82) is 0 Å². The van der Waals surface area contributed by atoms with Gasteiger partial charge in [0.05, 0.1) is 6.61 Å². The zero-order valence-electron chi connectivity index (χ0n) is 13.7. The van der Waals surface area contributed by atoms with Crippen LogP contribution in [-0.2, 0) is 20.9 Å². The molecule has 5 heteroatoms. The number of carbonyl (C=O) groups excluding carboxylic acids is 2. The van der Waals surface area contributed by atoms with Crippen molar-refractivity contribution >= 4 is 12.1 Å². The molecule has 1 amide bonds. The van der Waals surface area contributed by atoms with E-state index in [1.807, 2.05) is 37.3 Å². The van der Waals surface area contributed by atoms with Crippen LogP contribution in [0, 0.1) is 0 Å². The van der Waals surface area contributed by atoms with Gasteiger partial charge in [-0.1, -0.05) is 35.9 Å². The maximum absolute atomic E-state index is 12.2. The molecule has 0 bridgehead atoms.